The molecule has 1 aliphatic carbocycles. The van der Waals surface area contributed by atoms with Gasteiger partial charge in [-0.25, -0.2) is 9.11 Å². The first-order chi connectivity index (χ1) is 11.2. The standard InChI is InChI=1S/C15H20ClFN2O4S/c1-19(2)24(21,22)18-15(20)11-7-12(16)14(8-13(11)17)23-9-10-5-3-4-6-10/h7-8,10H,3-6,9H2,1-2H3,(H,18,20). The molecule has 1 saturated carbocycles. The van der Waals surface area contributed by atoms with E-state index in [2.05, 4.69) is 0 Å². The van der Waals surface area contributed by atoms with Crippen LogP contribution in [-0.2, 0) is 10.2 Å². The molecule has 2 rings (SSSR count). The number of nitrogens with zero attached hydrogens (tertiary/aromatic N) is 1. The number of carbonyl (C=O) groups is 1. The monoisotopic (exact) mass is 378 g/mol. The highest BCUT2D eigenvalue weighted by Crippen LogP contribution is 2.30. The molecule has 134 valence electrons. The minimum Gasteiger partial charge on any atom is -0.492 e. The summed E-state index contributed by atoms with van der Waals surface area (Å²) in [6.45, 7) is 0.444. The van der Waals surface area contributed by atoms with Gasteiger partial charge < -0.3 is 4.74 Å². The van der Waals surface area contributed by atoms with Crippen molar-refractivity contribution in [1.29, 1.82) is 0 Å². The van der Waals surface area contributed by atoms with Crippen molar-refractivity contribution in [2.24, 2.45) is 5.92 Å². The van der Waals surface area contributed by atoms with Gasteiger partial charge in [-0.2, -0.15) is 12.7 Å². The molecule has 9 heteroatoms. The zero-order valence-electron chi connectivity index (χ0n) is 13.5. The Morgan fingerprint density at radius 3 is 2.58 bits per heavy atom. The average molecular weight is 379 g/mol. The van der Waals surface area contributed by atoms with E-state index in [9.17, 15) is 17.6 Å². The lowest BCUT2D eigenvalue weighted by Crippen LogP contribution is -2.39. The molecule has 0 heterocycles. The molecule has 0 radical (unpaired) electrons. The summed E-state index contributed by atoms with van der Waals surface area (Å²) in [7, 11) is -1.52. The second-order valence-corrected chi connectivity index (χ2v) is 8.23. The van der Waals surface area contributed by atoms with Crippen molar-refractivity contribution < 1.29 is 22.3 Å². The maximum Gasteiger partial charge on any atom is 0.303 e. The van der Waals surface area contributed by atoms with E-state index in [0.717, 1.165) is 42.1 Å². The molecule has 0 spiro atoms. The van der Waals surface area contributed by atoms with Crippen LogP contribution in [0.25, 0.3) is 0 Å². The van der Waals surface area contributed by atoms with Crippen molar-refractivity contribution in [1.82, 2.24) is 9.03 Å². The molecule has 1 aliphatic rings. The van der Waals surface area contributed by atoms with Crippen molar-refractivity contribution in [2.75, 3.05) is 20.7 Å². The number of ether oxygens (including phenoxy) is 1. The van der Waals surface area contributed by atoms with Gasteiger partial charge in [0.1, 0.15) is 11.6 Å². The lowest BCUT2D eigenvalue weighted by Gasteiger charge is -2.15. The van der Waals surface area contributed by atoms with E-state index < -0.39 is 27.5 Å². The van der Waals surface area contributed by atoms with E-state index in [1.54, 1.807) is 4.72 Å². The minimum absolute atomic E-state index is 0.0572. The number of nitrogens with one attached hydrogen (secondary N) is 1. The van der Waals surface area contributed by atoms with Crippen LogP contribution >= 0.6 is 11.6 Å². The fourth-order valence-electron chi connectivity index (χ4n) is 2.46. The number of amides is 1. The molecular weight excluding hydrogens is 359 g/mol. The summed E-state index contributed by atoms with van der Waals surface area (Å²) in [5, 5.41) is 0.0572. The second kappa shape index (κ2) is 7.67. The Labute approximate surface area is 146 Å². The van der Waals surface area contributed by atoms with E-state index in [1.807, 2.05) is 0 Å². The molecule has 0 unspecified atom stereocenters. The third kappa shape index (κ3) is 4.58. The normalized spacial score (nSPS) is 15.7. The van der Waals surface area contributed by atoms with Crippen LogP contribution in [0.1, 0.15) is 36.0 Å². The molecule has 0 bridgehead atoms. The van der Waals surface area contributed by atoms with Gasteiger partial charge in [-0.05, 0) is 24.8 Å². The molecule has 1 N–H and O–H groups in total. The van der Waals surface area contributed by atoms with Gasteiger partial charge in [-0.1, -0.05) is 24.4 Å². The molecule has 1 aromatic rings. The highest BCUT2D eigenvalue weighted by atomic mass is 35.5. The summed E-state index contributed by atoms with van der Waals surface area (Å²) in [6.07, 6.45) is 4.47. The van der Waals surface area contributed by atoms with E-state index in [1.165, 1.54) is 14.1 Å². The Morgan fingerprint density at radius 1 is 1.38 bits per heavy atom. The Morgan fingerprint density at radius 2 is 2.00 bits per heavy atom. The van der Waals surface area contributed by atoms with Crippen molar-refractivity contribution in [3.05, 3.63) is 28.5 Å². The maximum absolute atomic E-state index is 14.1. The first-order valence-corrected chi connectivity index (χ1v) is 9.39. The van der Waals surface area contributed by atoms with E-state index in [-0.39, 0.29) is 10.8 Å². The van der Waals surface area contributed by atoms with Gasteiger partial charge in [0.25, 0.3) is 5.91 Å². The Hall–Kier alpha value is -1.38. The molecule has 0 atom stereocenters. The quantitative estimate of drug-likeness (QED) is 0.825. The summed E-state index contributed by atoms with van der Waals surface area (Å²) >= 11 is 6.03. The first kappa shape index (κ1) is 19.0. The fraction of sp³-hybridized carbons (Fsp3) is 0.533. The van der Waals surface area contributed by atoms with Gasteiger partial charge in [-0.3, -0.25) is 4.79 Å². The predicted octanol–water partition coefficient (Wildman–Crippen LogP) is 2.58. The average Bonchev–Trinajstić information content (AvgIpc) is 3.00. The second-order valence-electron chi connectivity index (χ2n) is 5.94. The Balaban J connectivity index is 2.12. The molecule has 1 amide bonds. The zero-order valence-corrected chi connectivity index (χ0v) is 15.1. The van der Waals surface area contributed by atoms with Gasteiger partial charge in [0.2, 0.25) is 0 Å². The summed E-state index contributed by atoms with van der Waals surface area (Å²) in [6, 6.07) is 2.08. The highest BCUT2D eigenvalue weighted by molar-refractivity contribution is 7.87. The summed E-state index contributed by atoms with van der Waals surface area (Å²) in [5.41, 5.74) is -0.460. The van der Waals surface area contributed by atoms with Crippen molar-refractivity contribution in [3.63, 3.8) is 0 Å². The van der Waals surface area contributed by atoms with Crippen molar-refractivity contribution >= 4 is 27.7 Å². The van der Waals surface area contributed by atoms with Crippen molar-refractivity contribution in [3.8, 4) is 5.75 Å². The molecule has 0 aromatic heterocycles. The van der Waals surface area contributed by atoms with E-state index in [4.69, 9.17) is 16.3 Å². The molecule has 1 fully saturated rings. The number of hydrogen-bond acceptors (Lipinski definition) is 4. The largest absolute Gasteiger partial charge is 0.492 e. The lowest BCUT2D eigenvalue weighted by molar-refractivity contribution is 0.0975. The SMILES string of the molecule is CN(C)S(=O)(=O)NC(=O)c1cc(Cl)c(OCC2CCCC2)cc1F. The molecule has 24 heavy (non-hydrogen) atoms. The number of carbonyl (C=O) groups excluding carboxylic acids is 1. The number of benzene rings is 1. The number of hydrogen-bond donors (Lipinski definition) is 1. The summed E-state index contributed by atoms with van der Waals surface area (Å²) in [4.78, 5) is 12.0. The van der Waals surface area contributed by atoms with Crippen LogP contribution in [0.2, 0.25) is 5.02 Å². The van der Waals surface area contributed by atoms with Crippen LogP contribution in [0, 0.1) is 11.7 Å². The highest BCUT2D eigenvalue weighted by Gasteiger charge is 2.23. The number of halogens is 2. The van der Waals surface area contributed by atoms with Gasteiger partial charge in [0, 0.05) is 20.2 Å². The van der Waals surface area contributed by atoms with Crippen LogP contribution in [0.4, 0.5) is 4.39 Å². The Kier molecular flexibility index (Phi) is 6.06. The van der Waals surface area contributed by atoms with Crippen LogP contribution in [0.5, 0.6) is 5.75 Å². The van der Waals surface area contributed by atoms with Crippen LogP contribution < -0.4 is 9.46 Å². The van der Waals surface area contributed by atoms with Crippen LogP contribution in [0.3, 0.4) is 0 Å². The third-order valence-electron chi connectivity index (χ3n) is 3.92. The van der Waals surface area contributed by atoms with Gasteiger partial charge in [0.05, 0.1) is 17.2 Å². The summed E-state index contributed by atoms with van der Waals surface area (Å²) < 4.78 is 45.5. The van der Waals surface area contributed by atoms with Crippen LogP contribution in [0.15, 0.2) is 12.1 Å². The van der Waals surface area contributed by atoms with Crippen molar-refractivity contribution in [2.45, 2.75) is 25.7 Å². The zero-order chi connectivity index (χ0) is 17.9. The van der Waals surface area contributed by atoms with E-state index in [0.29, 0.717) is 12.5 Å². The fourth-order valence-corrected chi connectivity index (χ4v) is 3.21. The van der Waals surface area contributed by atoms with Gasteiger partial charge in [-0.15, -0.1) is 0 Å². The van der Waals surface area contributed by atoms with Gasteiger partial charge in [0.15, 0.2) is 0 Å². The van der Waals surface area contributed by atoms with E-state index >= 15 is 0 Å². The lowest BCUT2D eigenvalue weighted by atomic mass is 10.1. The third-order valence-corrected chi connectivity index (χ3v) is 5.62. The molecule has 0 aliphatic heterocycles. The smallest absolute Gasteiger partial charge is 0.303 e. The molecular formula is C15H20ClFN2O4S. The van der Waals surface area contributed by atoms with Gasteiger partial charge >= 0.3 is 10.2 Å². The molecule has 0 saturated heterocycles. The molecule has 6 nitrogen and oxygen atoms in total. The first-order valence-electron chi connectivity index (χ1n) is 7.57. The Bertz CT molecular complexity index is 718. The minimum atomic E-state index is -4.01. The van der Waals surface area contributed by atoms with Crippen LogP contribution in [-0.4, -0.2) is 39.3 Å². The molecule has 1 aromatic carbocycles. The topological polar surface area (TPSA) is 75.7 Å². The number of rotatable bonds is 6. The maximum atomic E-state index is 14.1. The summed E-state index contributed by atoms with van der Waals surface area (Å²) in [5.74, 6) is -1.41. The predicted molar refractivity (Wildman–Crippen MR) is 88.9 cm³/mol.